The maximum Gasteiger partial charge on any atom is 0.191 e. The van der Waals surface area contributed by atoms with Gasteiger partial charge in [-0.1, -0.05) is 19.1 Å². The van der Waals surface area contributed by atoms with E-state index in [1.807, 2.05) is 12.3 Å². The average Bonchev–Trinajstić information content (AvgIpc) is 3.19. The van der Waals surface area contributed by atoms with Crippen LogP contribution < -0.4 is 10.6 Å². The quantitative estimate of drug-likeness (QED) is 0.325. The summed E-state index contributed by atoms with van der Waals surface area (Å²) in [5.74, 6) is 0.497. The van der Waals surface area contributed by atoms with Crippen LogP contribution in [0.3, 0.4) is 0 Å². The highest BCUT2D eigenvalue weighted by atomic mass is 127. The molecule has 1 aliphatic rings. The van der Waals surface area contributed by atoms with Gasteiger partial charge in [-0.25, -0.2) is 9.37 Å². The van der Waals surface area contributed by atoms with E-state index >= 15 is 0 Å². The molecule has 0 saturated carbocycles. The smallest absolute Gasteiger partial charge is 0.191 e. The van der Waals surface area contributed by atoms with Crippen LogP contribution in [0.25, 0.3) is 0 Å². The first kappa shape index (κ1) is 24.0. The zero-order chi connectivity index (χ0) is 19.8. The molecule has 1 saturated heterocycles. The van der Waals surface area contributed by atoms with Gasteiger partial charge in [0.05, 0.1) is 25.8 Å². The topological polar surface area (TPSA) is 61.8 Å². The van der Waals surface area contributed by atoms with E-state index in [0.717, 1.165) is 30.1 Å². The number of guanidine groups is 1. The highest BCUT2D eigenvalue weighted by Crippen LogP contribution is 2.22. The van der Waals surface area contributed by atoms with Crippen molar-refractivity contribution in [2.75, 3.05) is 39.9 Å². The highest BCUT2D eigenvalue weighted by Gasteiger charge is 2.23. The second-order valence-electron chi connectivity index (χ2n) is 6.60. The first-order valence-electron chi connectivity index (χ1n) is 9.65. The zero-order valence-electron chi connectivity index (χ0n) is 16.9. The fourth-order valence-electron chi connectivity index (χ4n) is 3.23. The predicted octanol–water partition coefficient (Wildman–Crippen LogP) is 3.20. The van der Waals surface area contributed by atoms with Crippen LogP contribution in [0, 0.1) is 5.82 Å². The molecule has 6 nitrogen and oxygen atoms in total. The van der Waals surface area contributed by atoms with Crippen LogP contribution in [0.2, 0.25) is 0 Å². The summed E-state index contributed by atoms with van der Waals surface area (Å²) in [5, 5.41) is 7.74. The number of nitrogens with zero attached hydrogens (tertiary/aromatic N) is 3. The van der Waals surface area contributed by atoms with Gasteiger partial charge in [-0.2, -0.15) is 0 Å². The summed E-state index contributed by atoms with van der Waals surface area (Å²) in [7, 11) is 1.75. The number of morpholine rings is 1. The number of benzene rings is 1. The molecule has 1 atom stereocenters. The number of rotatable bonds is 7. The monoisotopic (exact) mass is 533 g/mol. The lowest BCUT2D eigenvalue weighted by Gasteiger charge is -2.35. The third-order valence-electron chi connectivity index (χ3n) is 4.76. The minimum absolute atomic E-state index is 0. The summed E-state index contributed by atoms with van der Waals surface area (Å²) in [5.41, 5.74) is 0.956. The minimum atomic E-state index is -0.214. The molecule has 0 amide bonds. The van der Waals surface area contributed by atoms with E-state index < -0.39 is 0 Å². The molecule has 160 valence electrons. The lowest BCUT2D eigenvalue weighted by Crippen LogP contribution is -2.46. The first-order chi connectivity index (χ1) is 13.7. The summed E-state index contributed by atoms with van der Waals surface area (Å²) in [6.07, 6.45) is 2.93. The average molecular weight is 533 g/mol. The zero-order valence-corrected chi connectivity index (χ0v) is 20.0. The van der Waals surface area contributed by atoms with Gasteiger partial charge in [0.1, 0.15) is 10.8 Å². The van der Waals surface area contributed by atoms with Gasteiger partial charge in [0.25, 0.3) is 0 Å². The molecule has 1 unspecified atom stereocenters. The molecule has 1 aromatic carbocycles. The lowest BCUT2D eigenvalue weighted by atomic mass is 10.0. The number of thiazole rings is 1. The second kappa shape index (κ2) is 12.4. The van der Waals surface area contributed by atoms with E-state index in [9.17, 15) is 4.39 Å². The van der Waals surface area contributed by atoms with Crippen molar-refractivity contribution in [3.63, 3.8) is 0 Å². The Morgan fingerprint density at radius 2 is 2.14 bits per heavy atom. The number of hydrogen-bond donors (Lipinski definition) is 2. The van der Waals surface area contributed by atoms with Gasteiger partial charge in [-0.05, 0) is 24.1 Å². The van der Waals surface area contributed by atoms with Crippen LogP contribution in [0.5, 0.6) is 0 Å². The van der Waals surface area contributed by atoms with Crippen molar-refractivity contribution in [1.82, 2.24) is 20.5 Å². The summed E-state index contributed by atoms with van der Waals surface area (Å²) < 4.78 is 19.3. The predicted molar refractivity (Wildman–Crippen MR) is 127 cm³/mol. The van der Waals surface area contributed by atoms with E-state index in [0.29, 0.717) is 32.3 Å². The van der Waals surface area contributed by atoms with E-state index in [1.54, 1.807) is 30.5 Å². The first-order valence-corrected chi connectivity index (χ1v) is 10.5. The van der Waals surface area contributed by atoms with Gasteiger partial charge >= 0.3 is 0 Å². The summed E-state index contributed by atoms with van der Waals surface area (Å²) in [6, 6.07) is 6.87. The van der Waals surface area contributed by atoms with Crippen molar-refractivity contribution in [2.45, 2.75) is 25.9 Å². The molecule has 29 heavy (non-hydrogen) atoms. The number of aromatic nitrogens is 1. The van der Waals surface area contributed by atoms with Gasteiger partial charge in [0.2, 0.25) is 0 Å². The number of nitrogens with one attached hydrogen (secondary N) is 2. The van der Waals surface area contributed by atoms with Crippen LogP contribution in [-0.2, 0) is 17.7 Å². The number of ether oxygens (including phenoxy) is 1. The number of hydrogen-bond acceptors (Lipinski definition) is 5. The van der Waals surface area contributed by atoms with E-state index in [4.69, 9.17) is 4.74 Å². The molecule has 2 aromatic rings. The molecule has 0 spiro atoms. The molecule has 2 N–H and O–H groups in total. The van der Waals surface area contributed by atoms with E-state index in [2.05, 4.69) is 32.4 Å². The Hall–Kier alpha value is -1.30. The Kier molecular flexibility index (Phi) is 10.3. The fourth-order valence-corrected chi connectivity index (χ4v) is 4.03. The maximum atomic E-state index is 13.8. The summed E-state index contributed by atoms with van der Waals surface area (Å²) in [4.78, 5) is 12.3. The third-order valence-corrected chi connectivity index (χ3v) is 5.90. The van der Waals surface area contributed by atoms with Crippen LogP contribution in [-0.4, -0.2) is 55.7 Å². The summed E-state index contributed by atoms with van der Waals surface area (Å²) in [6.45, 7) is 6.43. The molecule has 1 fully saturated rings. The van der Waals surface area contributed by atoms with Crippen LogP contribution in [0.1, 0.15) is 28.4 Å². The van der Waals surface area contributed by atoms with Crippen molar-refractivity contribution >= 4 is 41.3 Å². The molecule has 1 aromatic heterocycles. The Balaban J connectivity index is 0.00000300. The molecule has 3 rings (SSSR count). The molecular weight excluding hydrogens is 504 g/mol. The second-order valence-corrected chi connectivity index (χ2v) is 7.80. The van der Waals surface area contributed by atoms with Gasteiger partial charge in [0, 0.05) is 37.8 Å². The van der Waals surface area contributed by atoms with Crippen molar-refractivity contribution in [3.8, 4) is 0 Å². The summed E-state index contributed by atoms with van der Waals surface area (Å²) >= 11 is 1.71. The van der Waals surface area contributed by atoms with Gasteiger partial charge in [0.15, 0.2) is 5.96 Å². The Morgan fingerprint density at radius 1 is 1.34 bits per heavy atom. The normalized spacial score (nSPS) is 16.2. The largest absolute Gasteiger partial charge is 0.379 e. The Morgan fingerprint density at radius 3 is 2.79 bits per heavy atom. The van der Waals surface area contributed by atoms with Gasteiger partial charge < -0.3 is 15.4 Å². The van der Waals surface area contributed by atoms with E-state index in [-0.39, 0.29) is 35.8 Å². The molecular formula is C20H29FIN5OS. The Bertz CT molecular complexity index is 782. The number of aliphatic imine (C=N–C) groups is 1. The SMILES string of the molecule is CCc1cnc(CNC(=NC)NCC(c2cccc(F)c2)N2CCOCC2)s1.I. The Labute approximate surface area is 193 Å². The van der Waals surface area contributed by atoms with Crippen molar-refractivity contribution < 1.29 is 9.13 Å². The molecule has 0 radical (unpaired) electrons. The minimum Gasteiger partial charge on any atom is -0.379 e. The van der Waals surface area contributed by atoms with Crippen LogP contribution in [0.15, 0.2) is 35.5 Å². The highest BCUT2D eigenvalue weighted by molar-refractivity contribution is 14.0. The number of halogens is 2. The van der Waals surface area contributed by atoms with Gasteiger partial charge in [-0.15, -0.1) is 35.3 Å². The maximum absolute atomic E-state index is 13.8. The molecule has 0 bridgehead atoms. The van der Waals surface area contributed by atoms with Gasteiger partial charge in [-0.3, -0.25) is 9.89 Å². The van der Waals surface area contributed by atoms with E-state index in [1.165, 1.54) is 10.9 Å². The lowest BCUT2D eigenvalue weighted by molar-refractivity contribution is 0.0169. The standard InChI is InChI=1S/C20H28FN5OS.HI/c1-3-17-12-23-19(28-17)14-25-20(22-2)24-13-18(26-7-9-27-10-8-26)15-5-4-6-16(21)11-15;/h4-6,11-12,18H,3,7-10,13-14H2,1-2H3,(H2,22,24,25);1H. The van der Waals surface area contributed by atoms with Crippen LogP contribution in [0.4, 0.5) is 4.39 Å². The van der Waals surface area contributed by atoms with Crippen LogP contribution >= 0.6 is 35.3 Å². The molecule has 9 heteroatoms. The van der Waals surface area contributed by atoms with Crippen molar-refractivity contribution in [2.24, 2.45) is 4.99 Å². The number of aryl methyl sites for hydroxylation is 1. The van der Waals surface area contributed by atoms with Crippen molar-refractivity contribution in [1.29, 1.82) is 0 Å². The molecule has 0 aliphatic carbocycles. The van der Waals surface area contributed by atoms with Crippen molar-refractivity contribution in [3.05, 3.63) is 51.7 Å². The molecule has 2 heterocycles. The fraction of sp³-hybridized carbons (Fsp3) is 0.500. The molecule has 1 aliphatic heterocycles. The third kappa shape index (κ3) is 7.16.